The monoisotopic (exact) mass is 407 g/mol. The highest BCUT2D eigenvalue weighted by atomic mass is 35.5. The van der Waals surface area contributed by atoms with E-state index >= 15 is 0 Å². The second-order valence-electron chi connectivity index (χ2n) is 6.21. The van der Waals surface area contributed by atoms with E-state index in [1.165, 1.54) is 11.1 Å². The first-order valence-corrected chi connectivity index (χ1v) is 9.29. The van der Waals surface area contributed by atoms with Crippen LogP contribution in [0, 0.1) is 0 Å². The fourth-order valence-electron chi connectivity index (χ4n) is 2.85. The van der Waals surface area contributed by atoms with Crippen LogP contribution >= 0.6 is 23.2 Å². The fourth-order valence-corrected chi connectivity index (χ4v) is 3.20. The lowest BCUT2D eigenvalue weighted by Gasteiger charge is -2.16. The Morgan fingerprint density at radius 2 is 1.85 bits per heavy atom. The molecule has 27 heavy (non-hydrogen) atoms. The molecule has 0 unspecified atom stereocenters. The highest BCUT2D eigenvalue weighted by Gasteiger charge is 2.18. The van der Waals surface area contributed by atoms with Crippen molar-refractivity contribution in [3.8, 4) is 5.75 Å². The number of nitrogens with one attached hydrogen (secondary N) is 3. The van der Waals surface area contributed by atoms with E-state index in [2.05, 4.69) is 16.2 Å². The maximum atomic E-state index is 12.1. The van der Waals surface area contributed by atoms with Gasteiger partial charge in [-0.2, -0.15) is 0 Å². The number of benzene rings is 2. The number of carbonyl (C=O) groups excluding carboxylic acids is 2. The van der Waals surface area contributed by atoms with Gasteiger partial charge in [-0.1, -0.05) is 35.3 Å². The SMILES string of the molecule is C[C@@H](Oc1ccc2c(c1)CCC2)C(=O)NNC(=O)Nc1cccc(Cl)c1Cl. The fraction of sp³-hybridized carbons (Fsp3) is 0.263. The van der Waals surface area contributed by atoms with Crippen molar-refractivity contribution in [2.75, 3.05) is 5.32 Å². The van der Waals surface area contributed by atoms with Crippen LogP contribution in [0.4, 0.5) is 10.5 Å². The summed E-state index contributed by atoms with van der Waals surface area (Å²) in [6.07, 6.45) is 2.48. The lowest BCUT2D eigenvalue weighted by molar-refractivity contribution is -0.127. The molecule has 1 atom stereocenters. The number of anilines is 1. The molecule has 1 aliphatic carbocycles. The van der Waals surface area contributed by atoms with Crippen LogP contribution in [-0.2, 0) is 17.6 Å². The van der Waals surface area contributed by atoms with Crippen LogP contribution in [0.1, 0.15) is 24.5 Å². The van der Waals surface area contributed by atoms with Gasteiger partial charge in [0.05, 0.1) is 15.7 Å². The molecular formula is C19H19Cl2N3O3. The van der Waals surface area contributed by atoms with Crippen molar-refractivity contribution in [2.45, 2.75) is 32.3 Å². The average molecular weight is 408 g/mol. The van der Waals surface area contributed by atoms with Crippen molar-refractivity contribution in [2.24, 2.45) is 0 Å². The van der Waals surface area contributed by atoms with Crippen molar-refractivity contribution < 1.29 is 14.3 Å². The van der Waals surface area contributed by atoms with Crippen molar-refractivity contribution in [3.63, 3.8) is 0 Å². The van der Waals surface area contributed by atoms with Crippen LogP contribution in [0.25, 0.3) is 0 Å². The number of fused-ring (bicyclic) bond motifs is 1. The normalized spacial score (nSPS) is 13.4. The predicted molar refractivity (Wildman–Crippen MR) is 105 cm³/mol. The van der Waals surface area contributed by atoms with Gasteiger partial charge in [-0.3, -0.25) is 10.2 Å². The van der Waals surface area contributed by atoms with Crippen molar-refractivity contribution in [1.82, 2.24) is 10.9 Å². The Kier molecular flexibility index (Phi) is 6.08. The summed E-state index contributed by atoms with van der Waals surface area (Å²) in [5.41, 5.74) is 7.48. The summed E-state index contributed by atoms with van der Waals surface area (Å²) in [7, 11) is 0. The summed E-state index contributed by atoms with van der Waals surface area (Å²) in [5, 5.41) is 3.03. The molecule has 6 nitrogen and oxygen atoms in total. The summed E-state index contributed by atoms with van der Waals surface area (Å²) in [6.45, 7) is 1.61. The molecule has 0 heterocycles. The Balaban J connectivity index is 1.49. The summed E-state index contributed by atoms with van der Waals surface area (Å²) in [5.74, 6) is 0.149. The molecule has 142 valence electrons. The minimum Gasteiger partial charge on any atom is -0.481 e. The summed E-state index contributed by atoms with van der Waals surface area (Å²) < 4.78 is 5.66. The molecule has 8 heteroatoms. The molecule has 0 bridgehead atoms. The Morgan fingerprint density at radius 3 is 2.67 bits per heavy atom. The van der Waals surface area contributed by atoms with Crippen LogP contribution in [0.15, 0.2) is 36.4 Å². The number of carbonyl (C=O) groups is 2. The number of ether oxygens (including phenoxy) is 1. The first-order valence-electron chi connectivity index (χ1n) is 8.53. The highest BCUT2D eigenvalue weighted by molar-refractivity contribution is 6.43. The van der Waals surface area contributed by atoms with Crippen LogP contribution < -0.4 is 20.9 Å². The Labute approximate surface area is 167 Å². The van der Waals surface area contributed by atoms with Gasteiger partial charge in [0, 0.05) is 0 Å². The summed E-state index contributed by atoms with van der Waals surface area (Å²) >= 11 is 11.9. The molecule has 0 fully saturated rings. The molecule has 0 saturated heterocycles. The lowest BCUT2D eigenvalue weighted by Crippen LogP contribution is -2.48. The topological polar surface area (TPSA) is 79.5 Å². The molecule has 0 spiro atoms. The van der Waals surface area contributed by atoms with Gasteiger partial charge < -0.3 is 10.1 Å². The van der Waals surface area contributed by atoms with Gasteiger partial charge in [0.15, 0.2) is 6.10 Å². The third kappa shape index (κ3) is 4.84. The zero-order chi connectivity index (χ0) is 19.4. The van der Waals surface area contributed by atoms with Gasteiger partial charge in [-0.15, -0.1) is 0 Å². The number of hydrogen-bond acceptors (Lipinski definition) is 3. The minimum atomic E-state index is -0.778. The first kappa shape index (κ1) is 19.3. The number of aryl methyl sites for hydroxylation is 2. The molecule has 0 saturated carbocycles. The van der Waals surface area contributed by atoms with Gasteiger partial charge in [-0.25, -0.2) is 10.2 Å². The maximum Gasteiger partial charge on any atom is 0.337 e. The van der Waals surface area contributed by atoms with Crippen LogP contribution in [0.3, 0.4) is 0 Å². The minimum absolute atomic E-state index is 0.217. The van der Waals surface area contributed by atoms with E-state index in [4.69, 9.17) is 27.9 Å². The lowest BCUT2D eigenvalue weighted by atomic mass is 10.1. The molecule has 3 amide bonds. The highest BCUT2D eigenvalue weighted by Crippen LogP contribution is 2.29. The van der Waals surface area contributed by atoms with Gasteiger partial charge in [0.2, 0.25) is 0 Å². The van der Waals surface area contributed by atoms with E-state index in [1.807, 2.05) is 18.2 Å². The van der Waals surface area contributed by atoms with Crippen molar-refractivity contribution in [1.29, 1.82) is 0 Å². The standard InChI is InChI=1S/C19H19Cl2N3O3/c1-11(27-14-9-8-12-4-2-5-13(12)10-14)18(25)23-24-19(26)22-16-7-3-6-15(20)17(16)21/h3,6-11H,2,4-5H2,1H3,(H,23,25)(H2,22,24,26)/t11-/m1/s1. The van der Waals surface area contributed by atoms with Gasteiger partial charge in [0.25, 0.3) is 5.91 Å². The van der Waals surface area contributed by atoms with E-state index in [9.17, 15) is 9.59 Å². The van der Waals surface area contributed by atoms with E-state index in [0.29, 0.717) is 16.5 Å². The summed E-state index contributed by atoms with van der Waals surface area (Å²) in [4.78, 5) is 24.0. The summed E-state index contributed by atoms with van der Waals surface area (Å²) in [6, 6.07) is 10.0. The van der Waals surface area contributed by atoms with Crippen molar-refractivity contribution in [3.05, 3.63) is 57.6 Å². The van der Waals surface area contributed by atoms with E-state index in [-0.39, 0.29) is 5.02 Å². The Bertz CT molecular complexity index is 873. The van der Waals surface area contributed by atoms with Gasteiger partial charge >= 0.3 is 6.03 Å². The predicted octanol–water partition coefficient (Wildman–Crippen LogP) is 4.10. The largest absolute Gasteiger partial charge is 0.481 e. The number of amides is 3. The number of halogens is 2. The zero-order valence-corrected chi connectivity index (χ0v) is 16.2. The quantitative estimate of drug-likeness (QED) is 0.667. The third-order valence-corrected chi connectivity index (χ3v) is 5.07. The molecule has 3 N–H and O–H groups in total. The molecule has 0 aliphatic heterocycles. The first-order chi connectivity index (χ1) is 12.9. The van der Waals surface area contributed by atoms with Crippen LogP contribution in [0.5, 0.6) is 5.75 Å². The molecule has 0 aromatic heterocycles. The second-order valence-corrected chi connectivity index (χ2v) is 7.00. The van der Waals surface area contributed by atoms with Gasteiger partial charge in [-0.05, 0) is 61.6 Å². The average Bonchev–Trinajstić information content (AvgIpc) is 3.11. The zero-order valence-electron chi connectivity index (χ0n) is 14.6. The van der Waals surface area contributed by atoms with Gasteiger partial charge in [0.1, 0.15) is 5.75 Å². The molecule has 0 radical (unpaired) electrons. The Hall–Kier alpha value is -2.44. The molecular weight excluding hydrogens is 389 g/mol. The third-order valence-electron chi connectivity index (χ3n) is 4.25. The number of rotatable bonds is 4. The van der Waals surface area contributed by atoms with Crippen molar-refractivity contribution >= 4 is 40.8 Å². The molecule has 1 aliphatic rings. The molecule has 3 rings (SSSR count). The number of urea groups is 1. The smallest absolute Gasteiger partial charge is 0.337 e. The number of hydrogen-bond donors (Lipinski definition) is 3. The Morgan fingerprint density at radius 1 is 1.07 bits per heavy atom. The van der Waals surface area contributed by atoms with E-state index in [0.717, 1.165) is 19.3 Å². The van der Waals surface area contributed by atoms with Crippen LogP contribution in [0.2, 0.25) is 10.0 Å². The van der Waals surface area contributed by atoms with Crippen LogP contribution in [-0.4, -0.2) is 18.0 Å². The molecule has 2 aromatic carbocycles. The molecule has 2 aromatic rings. The second kappa shape index (κ2) is 8.50. The van der Waals surface area contributed by atoms with E-state index < -0.39 is 18.0 Å². The van der Waals surface area contributed by atoms with E-state index in [1.54, 1.807) is 25.1 Å². The maximum absolute atomic E-state index is 12.1. The number of hydrazine groups is 1.